The van der Waals surface area contributed by atoms with E-state index in [1.165, 1.54) is 11.8 Å². The predicted octanol–water partition coefficient (Wildman–Crippen LogP) is 3.99. The van der Waals surface area contributed by atoms with E-state index in [1.54, 1.807) is 0 Å². The van der Waals surface area contributed by atoms with Crippen molar-refractivity contribution < 1.29 is 9.63 Å². The Kier molecular flexibility index (Phi) is 5.69. The molecule has 0 radical (unpaired) electrons. The van der Waals surface area contributed by atoms with E-state index in [0.717, 1.165) is 21.2 Å². The van der Waals surface area contributed by atoms with E-state index >= 15 is 0 Å². The molecule has 126 valence electrons. The summed E-state index contributed by atoms with van der Waals surface area (Å²) in [4.78, 5) is 17.7. The number of rotatable bonds is 6. The molecule has 2 N–H and O–H groups in total. The normalized spacial score (nSPS) is 11.4. The van der Waals surface area contributed by atoms with Crippen molar-refractivity contribution in [2.75, 3.05) is 5.75 Å². The molecule has 0 aliphatic heterocycles. The lowest BCUT2D eigenvalue weighted by Crippen LogP contribution is -2.17. The minimum atomic E-state index is -0.422. The molecule has 0 spiro atoms. The van der Waals surface area contributed by atoms with Crippen molar-refractivity contribution in [3.05, 3.63) is 78.4 Å². The Balaban J connectivity index is 1.57. The van der Waals surface area contributed by atoms with Crippen LogP contribution in [0.25, 0.3) is 10.8 Å². The van der Waals surface area contributed by atoms with Gasteiger partial charge in [-0.2, -0.15) is 0 Å². The Morgan fingerprint density at radius 2 is 1.68 bits per heavy atom. The molecule has 0 heterocycles. The van der Waals surface area contributed by atoms with Crippen molar-refractivity contribution in [1.29, 1.82) is 0 Å². The summed E-state index contributed by atoms with van der Waals surface area (Å²) in [5, 5.41) is 6.03. The number of hydrogen-bond acceptors (Lipinski definition) is 4. The average Bonchev–Trinajstić information content (AvgIpc) is 2.66. The molecule has 0 aliphatic rings. The first kappa shape index (κ1) is 17.0. The summed E-state index contributed by atoms with van der Waals surface area (Å²) in [6, 6.07) is 23.8. The molecule has 0 aliphatic carbocycles. The fourth-order valence-electron chi connectivity index (χ4n) is 2.47. The number of nitrogens with two attached hydrogens (primary N) is 1. The van der Waals surface area contributed by atoms with Crippen LogP contribution < -0.4 is 5.73 Å². The first-order valence-corrected chi connectivity index (χ1v) is 8.87. The number of carbonyl (C=O) groups excluding carboxylic acids is 1. The number of thioether (sulfide) groups is 1. The maximum Gasteiger partial charge on any atom is 0.345 e. The monoisotopic (exact) mass is 350 g/mol. The van der Waals surface area contributed by atoms with E-state index in [1.807, 2.05) is 72.8 Å². The van der Waals surface area contributed by atoms with Crippen LogP contribution in [0, 0.1) is 0 Å². The van der Waals surface area contributed by atoms with Gasteiger partial charge < -0.3 is 10.6 Å². The van der Waals surface area contributed by atoms with Gasteiger partial charge in [0.15, 0.2) is 0 Å². The Morgan fingerprint density at radius 3 is 2.52 bits per heavy atom. The minimum Gasteiger partial charge on any atom is -0.384 e. The molecule has 0 saturated carbocycles. The first-order chi connectivity index (χ1) is 12.2. The number of carbonyl (C=O) groups is 1. The molecule has 0 aromatic heterocycles. The van der Waals surface area contributed by atoms with Crippen molar-refractivity contribution in [1.82, 2.24) is 0 Å². The van der Waals surface area contributed by atoms with E-state index in [2.05, 4.69) is 5.16 Å². The summed E-state index contributed by atoms with van der Waals surface area (Å²) >= 11 is 1.40. The van der Waals surface area contributed by atoms with Crippen molar-refractivity contribution in [2.24, 2.45) is 10.9 Å². The zero-order valence-corrected chi connectivity index (χ0v) is 14.4. The number of benzene rings is 3. The maximum atomic E-state index is 11.8. The molecule has 3 aromatic carbocycles. The van der Waals surface area contributed by atoms with Gasteiger partial charge in [-0.25, -0.2) is 4.79 Å². The number of oxime groups is 1. The molecule has 0 atom stereocenters. The summed E-state index contributed by atoms with van der Waals surface area (Å²) < 4.78 is 0. The van der Waals surface area contributed by atoms with Crippen LogP contribution in [-0.2, 0) is 16.1 Å². The highest BCUT2D eigenvalue weighted by Crippen LogP contribution is 2.19. The third kappa shape index (κ3) is 4.84. The third-order valence-corrected chi connectivity index (χ3v) is 4.60. The zero-order chi connectivity index (χ0) is 17.5. The zero-order valence-electron chi connectivity index (χ0n) is 13.6. The van der Waals surface area contributed by atoms with Gasteiger partial charge in [0.25, 0.3) is 0 Å². The SMILES string of the molecule is N/C(Cc1cccc2ccccc12)=N\OC(=O)CSc1ccccc1. The van der Waals surface area contributed by atoms with Gasteiger partial charge in [-0.3, -0.25) is 0 Å². The quantitative estimate of drug-likeness (QED) is 0.240. The Bertz CT molecular complexity index is 889. The number of fused-ring (bicyclic) bond motifs is 1. The molecule has 0 bridgehead atoms. The number of amidine groups is 1. The first-order valence-electron chi connectivity index (χ1n) is 7.89. The molecule has 5 heteroatoms. The van der Waals surface area contributed by atoms with Crippen LogP contribution in [0.1, 0.15) is 5.56 Å². The van der Waals surface area contributed by atoms with Gasteiger partial charge in [0.2, 0.25) is 0 Å². The lowest BCUT2D eigenvalue weighted by atomic mass is 10.0. The molecule has 3 aromatic rings. The largest absolute Gasteiger partial charge is 0.384 e. The van der Waals surface area contributed by atoms with Gasteiger partial charge in [0.1, 0.15) is 5.84 Å². The standard InChI is InChI=1S/C20H18N2O2S/c21-19(13-16-9-6-8-15-7-4-5-12-18(15)16)22-24-20(23)14-25-17-10-2-1-3-11-17/h1-12H,13-14H2,(H2,21,22). The van der Waals surface area contributed by atoms with Gasteiger partial charge in [0, 0.05) is 11.3 Å². The van der Waals surface area contributed by atoms with Crippen molar-refractivity contribution >= 4 is 34.3 Å². The molecule has 3 rings (SSSR count). The van der Waals surface area contributed by atoms with E-state index in [-0.39, 0.29) is 11.6 Å². The average molecular weight is 350 g/mol. The lowest BCUT2D eigenvalue weighted by Gasteiger charge is -2.06. The van der Waals surface area contributed by atoms with Crippen LogP contribution in [0.3, 0.4) is 0 Å². The number of nitrogens with zero attached hydrogens (tertiary/aromatic N) is 1. The molecule has 0 amide bonds. The summed E-state index contributed by atoms with van der Waals surface area (Å²) in [7, 11) is 0. The van der Waals surface area contributed by atoms with Crippen LogP contribution in [-0.4, -0.2) is 17.6 Å². The molecule has 0 fully saturated rings. The van der Waals surface area contributed by atoms with Crippen LogP contribution in [0.4, 0.5) is 0 Å². The molecule has 0 unspecified atom stereocenters. The van der Waals surface area contributed by atoms with Gasteiger partial charge in [-0.15, -0.1) is 11.8 Å². The Labute approximate surface area is 150 Å². The second kappa shape index (κ2) is 8.35. The van der Waals surface area contributed by atoms with Crippen LogP contribution in [0.5, 0.6) is 0 Å². The van der Waals surface area contributed by atoms with Crippen molar-refractivity contribution in [2.45, 2.75) is 11.3 Å². The van der Waals surface area contributed by atoms with E-state index in [0.29, 0.717) is 6.42 Å². The van der Waals surface area contributed by atoms with E-state index < -0.39 is 5.97 Å². The molecular formula is C20H18N2O2S. The van der Waals surface area contributed by atoms with Crippen molar-refractivity contribution in [3.8, 4) is 0 Å². The fraction of sp³-hybridized carbons (Fsp3) is 0.100. The van der Waals surface area contributed by atoms with Gasteiger partial charge in [-0.1, -0.05) is 65.8 Å². The van der Waals surface area contributed by atoms with Gasteiger partial charge in [-0.05, 0) is 28.5 Å². The third-order valence-electron chi connectivity index (χ3n) is 3.62. The Hall–Kier alpha value is -2.79. The number of hydrogen-bond donors (Lipinski definition) is 1. The van der Waals surface area contributed by atoms with Crippen molar-refractivity contribution in [3.63, 3.8) is 0 Å². The molecular weight excluding hydrogens is 332 g/mol. The Morgan fingerprint density at radius 1 is 0.960 bits per heavy atom. The van der Waals surface area contributed by atoms with Crippen LogP contribution in [0.15, 0.2) is 82.8 Å². The minimum absolute atomic E-state index is 0.190. The van der Waals surface area contributed by atoms with Gasteiger partial charge in [0.05, 0.1) is 5.75 Å². The van der Waals surface area contributed by atoms with Crippen LogP contribution in [0.2, 0.25) is 0 Å². The highest BCUT2D eigenvalue weighted by molar-refractivity contribution is 8.00. The second-order valence-corrected chi connectivity index (χ2v) is 6.51. The fourth-order valence-corrected chi connectivity index (χ4v) is 3.16. The molecule has 25 heavy (non-hydrogen) atoms. The maximum absolute atomic E-state index is 11.8. The highest BCUT2D eigenvalue weighted by atomic mass is 32.2. The lowest BCUT2D eigenvalue weighted by molar-refractivity contribution is -0.140. The predicted molar refractivity (Wildman–Crippen MR) is 103 cm³/mol. The summed E-state index contributed by atoms with van der Waals surface area (Å²) in [5.41, 5.74) is 6.97. The summed E-state index contributed by atoms with van der Waals surface area (Å²) in [5.74, 6) is 0.0406. The highest BCUT2D eigenvalue weighted by Gasteiger charge is 2.06. The smallest absolute Gasteiger partial charge is 0.345 e. The second-order valence-electron chi connectivity index (χ2n) is 5.46. The van der Waals surface area contributed by atoms with Gasteiger partial charge >= 0.3 is 5.97 Å². The van der Waals surface area contributed by atoms with Crippen LogP contribution >= 0.6 is 11.8 Å². The summed E-state index contributed by atoms with van der Waals surface area (Å²) in [6.45, 7) is 0. The van der Waals surface area contributed by atoms with E-state index in [9.17, 15) is 4.79 Å². The topological polar surface area (TPSA) is 64.7 Å². The van der Waals surface area contributed by atoms with E-state index in [4.69, 9.17) is 10.6 Å². The molecule has 0 saturated heterocycles. The molecule has 4 nitrogen and oxygen atoms in total. The summed E-state index contributed by atoms with van der Waals surface area (Å²) in [6.07, 6.45) is 0.431.